The lowest BCUT2D eigenvalue weighted by Crippen LogP contribution is -2.60. The zero-order valence-electron chi connectivity index (χ0n) is 23.2. The van der Waals surface area contributed by atoms with Gasteiger partial charge in [-0.15, -0.1) is 0 Å². The van der Waals surface area contributed by atoms with E-state index in [4.69, 9.17) is 9.47 Å². The van der Waals surface area contributed by atoms with Gasteiger partial charge in [0.1, 0.15) is 17.4 Å². The van der Waals surface area contributed by atoms with Crippen LogP contribution in [0.3, 0.4) is 0 Å². The van der Waals surface area contributed by atoms with Crippen molar-refractivity contribution in [2.24, 2.45) is 23.7 Å². The minimum atomic E-state index is -1.13. The molecule has 4 fully saturated rings. The lowest BCUT2D eigenvalue weighted by molar-refractivity contribution is -0.146. The maximum absolute atomic E-state index is 14.4. The van der Waals surface area contributed by atoms with Crippen molar-refractivity contribution in [1.29, 1.82) is 0 Å². The van der Waals surface area contributed by atoms with Crippen LogP contribution < -0.4 is 15.4 Å². The Bertz CT molecular complexity index is 1160. The number of hydrogen-bond acceptors (Lipinski definition) is 5. The van der Waals surface area contributed by atoms with E-state index in [1.54, 1.807) is 19.2 Å². The summed E-state index contributed by atoms with van der Waals surface area (Å²) in [7, 11) is 1.58. The number of rotatable bonds is 6. The van der Waals surface area contributed by atoms with Gasteiger partial charge in [-0.3, -0.25) is 14.4 Å². The molecule has 2 N–H and O–H groups in total. The summed E-state index contributed by atoms with van der Waals surface area (Å²) in [6.45, 7) is 4.44. The highest BCUT2D eigenvalue weighted by atomic mass is 16.5. The minimum Gasteiger partial charge on any atom is -0.497 e. The summed E-state index contributed by atoms with van der Waals surface area (Å²) in [4.78, 5) is 44.2. The fraction of sp³-hybridized carbons (Fsp3) is 0.645. The molecule has 210 valence electrons. The van der Waals surface area contributed by atoms with E-state index in [2.05, 4.69) is 24.5 Å². The topological polar surface area (TPSA) is 97.0 Å². The first-order chi connectivity index (χ1) is 18.8. The Balaban J connectivity index is 1.33. The van der Waals surface area contributed by atoms with E-state index in [0.717, 1.165) is 44.9 Å². The second kappa shape index (κ2) is 10.3. The predicted octanol–water partition coefficient (Wildman–Crippen LogP) is 4.06. The van der Waals surface area contributed by atoms with Crippen LogP contribution in [-0.2, 0) is 19.1 Å². The SMILES string of the molecule is COc1cccc(NC(=O)[C@@H]2[C@@H]3C=C[C@]4(O3)[C@@H]2C(=O)N([C@@H]2CCC[C@@H](C)[C@@H]2C)[C@H]4C(=O)NC2CCCCC2)c1. The maximum atomic E-state index is 14.4. The van der Waals surface area contributed by atoms with Crippen LogP contribution in [0.25, 0.3) is 0 Å². The molecule has 1 spiro atoms. The van der Waals surface area contributed by atoms with Crippen molar-refractivity contribution in [2.45, 2.75) is 95.0 Å². The summed E-state index contributed by atoms with van der Waals surface area (Å²) < 4.78 is 11.9. The van der Waals surface area contributed by atoms with Gasteiger partial charge in [-0.2, -0.15) is 0 Å². The highest BCUT2D eigenvalue weighted by Crippen LogP contribution is 2.57. The number of fused-ring (bicyclic) bond motifs is 1. The first-order valence-corrected chi connectivity index (χ1v) is 14.8. The van der Waals surface area contributed by atoms with Gasteiger partial charge in [0.2, 0.25) is 17.7 Å². The van der Waals surface area contributed by atoms with Crippen LogP contribution in [0.5, 0.6) is 5.75 Å². The molecule has 0 radical (unpaired) electrons. The second-order valence-corrected chi connectivity index (χ2v) is 12.3. The lowest BCUT2D eigenvalue weighted by Gasteiger charge is -2.44. The molecule has 2 saturated carbocycles. The van der Waals surface area contributed by atoms with Crippen LogP contribution in [-0.4, -0.2) is 59.6 Å². The maximum Gasteiger partial charge on any atom is 0.246 e. The van der Waals surface area contributed by atoms with Crippen molar-refractivity contribution in [3.05, 3.63) is 36.4 Å². The van der Waals surface area contributed by atoms with Crippen LogP contribution in [0.2, 0.25) is 0 Å². The van der Waals surface area contributed by atoms with Gasteiger partial charge in [0, 0.05) is 23.8 Å². The average Bonchev–Trinajstić information content (AvgIpc) is 3.58. The number of nitrogens with one attached hydrogen (secondary N) is 2. The average molecular weight is 536 g/mol. The Kier molecular flexibility index (Phi) is 6.94. The summed E-state index contributed by atoms with van der Waals surface area (Å²) >= 11 is 0. The number of ether oxygens (including phenoxy) is 2. The summed E-state index contributed by atoms with van der Waals surface area (Å²) in [5.74, 6) is -0.619. The van der Waals surface area contributed by atoms with Crippen molar-refractivity contribution in [1.82, 2.24) is 10.2 Å². The van der Waals surface area contributed by atoms with Gasteiger partial charge < -0.3 is 25.0 Å². The number of carbonyl (C=O) groups excluding carboxylic acids is 3. The number of carbonyl (C=O) groups is 3. The molecule has 3 amide bonds. The molecular formula is C31H41N3O5. The van der Waals surface area contributed by atoms with E-state index in [-0.39, 0.29) is 35.7 Å². The number of anilines is 1. The third-order valence-corrected chi connectivity index (χ3v) is 10.2. The molecule has 8 heteroatoms. The number of amides is 3. The third kappa shape index (κ3) is 4.35. The number of likely N-dealkylation sites (tertiary alicyclic amines) is 1. The molecule has 8 nitrogen and oxygen atoms in total. The van der Waals surface area contributed by atoms with Gasteiger partial charge in [0.25, 0.3) is 0 Å². The van der Waals surface area contributed by atoms with Gasteiger partial charge in [0.05, 0.1) is 25.0 Å². The number of benzene rings is 1. The van der Waals surface area contributed by atoms with Gasteiger partial charge >= 0.3 is 0 Å². The molecule has 0 aromatic heterocycles. The summed E-state index contributed by atoms with van der Waals surface area (Å²) in [6.07, 6.45) is 11.6. The van der Waals surface area contributed by atoms with Crippen molar-refractivity contribution < 1.29 is 23.9 Å². The highest BCUT2D eigenvalue weighted by molar-refractivity contribution is 6.03. The molecule has 3 heterocycles. The quantitative estimate of drug-likeness (QED) is 0.536. The molecule has 0 unspecified atom stereocenters. The van der Waals surface area contributed by atoms with Crippen molar-refractivity contribution in [3.63, 3.8) is 0 Å². The highest BCUT2D eigenvalue weighted by Gasteiger charge is 2.73. The first kappa shape index (κ1) is 26.4. The molecule has 3 aliphatic heterocycles. The Morgan fingerprint density at radius 1 is 1.05 bits per heavy atom. The Labute approximate surface area is 230 Å². The zero-order valence-corrected chi connectivity index (χ0v) is 23.2. The lowest BCUT2D eigenvalue weighted by atomic mass is 9.74. The van der Waals surface area contributed by atoms with E-state index < -0.39 is 29.6 Å². The molecule has 2 aliphatic carbocycles. The van der Waals surface area contributed by atoms with Crippen LogP contribution >= 0.6 is 0 Å². The summed E-state index contributed by atoms with van der Waals surface area (Å²) in [5.41, 5.74) is -0.527. The zero-order chi connectivity index (χ0) is 27.3. The van der Waals surface area contributed by atoms with E-state index >= 15 is 0 Å². The smallest absolute Gasteiger partial charge is 0.246 e. The van der Waals surface area contributed by atoms with Crippen molar-refractivity contribution >= 4 is 23.4 Å². The van der Waals surface area contributed by atoms with E-state index in [0.29, 0.717) is 17.4 Å². The molecule has 2 saturated heterocycles. The number of methoxy groups -OCH3 is 1. The van der Waals surface area contributed by atoms with Crippen LogP contribution in [0.4, 0.5) is 5.69 Å². The molecule has 1 aromatic rings. The monoisotopic (exact) mass is 535 g/mol. The van der Waals surface area contributed by atoms with Gasteiger partial charge in [0.15, 0.2) is 0 Å². The van der Waals surface area contributed by atoms with E-state index in [1.165, 1.54) is 6.42 Å². The minimum absolute atomic E-state index is 0.0542. The fourth-order valence-electron chi connectivity index (χ4n) is 7.96. The number of nitrogens with zero attached hydrogens (tertiary/aromatic N) is 1. The molecule has 6 rings (SSSR count). The Morgan fingerprint density at radius 2 is 1.85 bits per heavy atom. The van der Waals surface area contributed by atoms with Crippen LogP contribution in [0.1, 0.15) is 65.2 Å². The summed E-state index contributed by atoms with van der Waals surface area (Å²) in [5, 5.41) is 6.29. The molecule has 8 atom stereocenters. The van der Waals surface area contributed by atoms with Crippen LogP contribution in [0.15, 0.2) is 36.4 Å². The van der Waals surface area contributed by atoms with Gasteiger partial charge in [-0.05, 0) is 43.2 Å². The number of hydrogen-bond donors (Lipinski definition) is 2. The summed E-state index contributed by atoms with van der Waals surface area (Å²) in [6, 6.07) is 6.48. The van der Waals surface area contributed by atoms with E-state index in [9.17, 15) is 14.4 Å². The standard InChI is InChI=1S/C31H41N3O5/c1-18-9-7-14-23(19(18)2)34-27(29(36)32-20-10-5-4-6-11-20)31-16-15-24(39-31)25(26(31)30(34)37)28(35)33-21-12-8-13-22(17-21)38-3/h8,12-13,15-20,23-27H,4-7,9-11,14H2,1-3H3,(H,32,36)(H,33,35)/t18-,19+,23-,24+,25-,26+,27+,31+/m1/s1. The first-order valence-electron chi connectivity index (χ1n) is 14.8. The molecule has 39 heavy (non-hydrogen) atoms. The van der Waals surface area contributed by atoms with Crippen molar-refractivity contribution in [2.75, 3.05) is 12.4 Å². The molecule has 2 bridgehead atoms. The fourth-order valence-corrected chi connectivity index (χ4v) is 7.96. The molecule has 5 aliphatic rings. The van der Waals surface area contributed by atoms with E-state index in [1.807, 2.05) is 29.2 Å². The second-order valence-electron chi connectivity index (χ2n) is 12.3. The molecule has 1 aromatic carbocycles. The largest absolute Gasteiger partial charge is 0.497 e. The molecular weight excluding hydrogens is 494 g/mol. The normalized spacial score (nSPS) is 37.6. The van der Waals surface area contributed by atoms with Crippen molar-refractivity contribution in [3.8, 4) is 5.75 Å². The Morgan fingerprint density at radius 3 is 2.62 bits per heavy atom. The van der Waals surface area contributed by atoms with Gasteiger partial charge in [-0.25, -0.2) is 0 Å². The predicted molar refractivity (Wildman–Crippen MR) is 147 cm³/mol. The Hall–Kier alpha value is -2.87. The van der Waals surface area contributed by atoms with Crippen LogP contribution in [0, 0.1) is 23.7 Å². The van der Waals surface area contributed by atoms with Gasteiger partial charge in [-0.1, -0.05) is 64.2 Å². The third-order valence-electron chi connectivity index (χ3n) is 10.2.